The molecule has 0 spiro atoms. The molecule has 1 aliphatic heterocycles. The molecule has 90 valence electrons. The molecule has 0 radical (unpaired) electrons. The lowest BCUT2D eigenvalue weighted by Gasteiger charge is -2.20. The Hall–Kier alpha value is 0.0938. The summed E-state index contributed by atoms with van der Waals surface area (Å²) in [5.41, 5.74) is 0. The lowest BCUT2D eigenvalue weighted by molar-refractivity contribution is 0.283. The van der Waals surface area contributed by atoms with Gasteiger partial charge in [0, 0.05) is 13.2 Å². The minimum absolute atomic E-state index is 0.195. The Bertz CT molecular complexity index is 137. The Labute approximate surface area is 98.5 Å². The van der Waals surface area contributed by atoms with Crippen molar-refractivity contribution < 1.29 is 8.85 Å². The number of rotatable bonds is 5. The molecule has 2 nitrogen and oxygen atoms in total. The molecule has 0 bridgehead atoms. The zero-order valence-corrected chi connectivity index (χ0v) is 12.9. The molecule has 15 heavy (non-hydrogen) atoms. The molecule has 4 heteroatoms. The van der Waals surface area contributed by atoms with Crippen LogP contribution < -0.4 is 0 Å². The molecule has 1 rings (SSSR count). The van der Waals surface area contributed by atoms with Crippen LogP contribution in [0.4, 0.5) is 0 Å². The monoisotopic (exact) mass is 246 g/mol. The van der Waals surface area contributed by atoms with Gasteiger partial charge < -0.3 is 8.85 Å². The van der Waals surface area contributed by atoms with Crippen molar-refractivity contribution in [1.29, 1.82) is 0 Å². The molecular formula is C11H26O2Si2. The third-order valence-corrected chi connectivity index (χ3v) is 8.63. The largest absolute Gasteiger partial charge is 0.425 e. The third-order valence-electron chi connectivity index (χ3n) is 2.22. The lowest BCUT2D eigenvalue weighted by Crippen LogP contribution is -2.33. The van der Waals surface area contributed by atoms with E-state index < -0.39 is 8.56 Å². The average Bonchev–Trinajstić information content (AvgIpc) is 2.27. The van der Waals surface area contributed by atoms with Gasteiger partial charge in [0.25, 0.3) is 0 Å². The second-order valence-corrected chi connectivity index (χ2v) is 10.5. The Morgan fingerprint density at radius 3 is 2.80 bits per heavy atom. The fraction of sp³-hybridized carbons (Fsp3) is 0.818. The maximum Gasteiger partial charge on any atom is 0.189 e. The SMILES string of the molecule is C=CC.CCCCCO[SiH]1CCCO[SiH2]1. The normalized spacial score (nSPS) is 21.9. The van der Waals surface area contributed by atoms with Gasteiger partial charge in [-0.25, -0.2) is 0 Å². The summed E-state index contributed by atoms with van der Waals surface area (Å²) in [6, 6.07) is 1.39. The molecule has 1 unspecified atom stereocenters. The van der Waals surface area contributed by atoms with Crippen molar-refractivity contribution in [2.45, 2.75) is 45.6 Å². The van der Waals surface area contributed by atoms with Gasteiger partial charge in [-0.15, -0.1) is 6.58 Å². The van der Waals surface area contributed by atoms with Crippen LogP contribution in [0.3, 0.4) is 0 Å². The van der Waals surface area contributed by atoms with Crippen molar-refractivity contribution in [1.82, 2.24) is 0 Å². The predicted octanol–water partition coefficient (Wildman–Crippen LogP) is 2.11. The Morgan fingerprint density at radius 2 is 2.27 bits per heavy atom. The predicted molar refractivity (Wildman–Crippen MR) is 72.4 cm³/mol. The minimum Gasteiger partial charge on any atom is -0.425 e. The van der Waals surface area contributed by atoms with Gasteiger partial charge in [-0.05, 0) is 25.8 Å². The van der Waals surface area contributed by atoms with E-state index >= 15 is 0 Å². The highest BCUT2D eigenvalue weighted by Gasteiger charge is 2.16. The van der Waals surface area contributed by atoms with E-state index in [2.05, 4.69) is 13.5 Å². The van der Waals surface area contributed by atoms with Crippen molar-refractivity contribution >= 4 is 17.8 Å². The van der Waals surface area contributed by atoms with E-state index in [0.29, 0.717) is 0 Å². The van der Waals surface area contributed by atoms with E-state index in [1.807, 2.05) is 6.92 Å². The number of unbranched alkanes of at least 4 members (excludes halogenated alkanes) is 2. The first-order chi connectivity index (χ1) is 7.35. The quantitative estimate of drug-likeness (QED) is 0.420. The molecule has 1 saturated heterocycles. The van der Waals surface area contributed by atoms with Crippen LogP contribution in [-0.4, -0.2) is 31.1 Å². The summed E-state index contributed by atoms with van der Waals surface area (Å²) in [5, 5.41) is 0. The first kappa shape index (κ1) is 15.1. The highest BCUT2D eigenvalue weighted by molar-refractivity contribution is 7.06. The first-order valence-electron chi connectivity index (χ1n) is 6.11. The molecule has 1 heterocycles. The third kappa shape index (κ3) is 10.4. The molecule has 0 N–H and O–H groups in total. The summed E-state index contributed by atoms with van der Waals surface area (Å²) >= 11 is 0. The van der Waals surface area contributed by atoms with Crippen molar-refractivity contribution in [3.05, 3.63) is 12.7 Å². The van der Waals surface area contributed by atoms with Crippen molar-refractivity contribution in [2.24, 2.45) is 0 Å². The number of hydrogen-bond acceptors (Lipinski definition) is 2. The first-order valence-corrected chi connectivity index (χ1v) is 11.2. The fourth-order valence-corrected chi connectivity index (χ4v) is 7.07. The van der Waals surface area contributed by atoms with Crippen LogP contribution >= 0.6 is 0 Å². The van der Waals surface area contributed by atoms with E-state index in [-0.39, 0.29) is 9.28 Å². The maximum absolute atomic E-state index is 5.86. The molecule has 0 aliphatic carbocycles. The molecule has 0 aromatic rings. The summed E-state index contributed by atoms with van der Waals surface area (Å²) in [6.45, 7) is 9.52. The van der Waals surface area contributed by atoms with Gasteiger partial charge in [0.05, 0.1) is 0 Å². The molecular weight excluding hydrogens is 220 g/mol. The van der Waals surface area contributed by atoms with Crippen LogP contribution in [0.5, 0.6) is 0 Å². The second kappa shape index (κ2) is 12.2. The Morgan fingerprint density at radius 1 is 1.53 bits per heavy atom. The van der Waals surface area contributed by atoms with Gasteiger partial charge in [0.15, 0.2) is 17.8 Å². The number of hydrogen-bond donors (Lipinski definition) is 0. The van der Waals surface area contributed by atoms with E-state index in [0.717, 1.165) is 13.2 Å². The lowest BCUT2D eigenvalue weighted by atomic mass is 10.3. The van der Waals surface area contributed by atoms with Crippen LogP contribution in [0.2, 0.25) is 6.04 Å². The summed E-state index contributed by atoms with van der Waals surface area (Å²) in [4.78, 5) is 0. The van der Waals surface area contributed by atoms with Gasteiger partial charge >= 0.3 is 0 Å². The average molecular weight is 246 g/mol. The van der Waals surface area contributed by atoms with Gasteiger partial charge in [-0.2, -0.15) is 0 Å². The summed E-state index contributed by atoms with van der Waals surface area (Å²) in [5.74, 6) is 0. The van der Waals surface area contributed by atoms with E-state index in [4.69, 9.17) is 8.85 Å². The molecule has 0 aromatic carbocycles. The van der Waals surface area contributed by atoms with Crippen molar-refractivity contribution in [2.75, 3.05) is 13.2 Å². The number of allylic oxidation sites excluding steroid dienone is 1. The van der Waals surface area contributed by atoms with E-state index in [1.54, 1.807) is 6.08 Å². The zero-order chi connectivity index (χ0) is 11.4. The molecule has 0 saturated carbocycles. The van der Waals surface area contributed by atoms with Crippen LogP contribution in [0.1, 0.15) is 39.5 Å². The Kier molecular flexibility index (Phi) is 12.2. The highest BCUT2D eigenvalue weighted by Crippen LogP contribution is 2.06. The smallest absolute Gasteiger partial charge is 0.189 e. The Balaban J connectivity index is 0.000000583. The minimum atomic E-state index is -0.752. The van der Waals surface area contributed by atoms with Gasteiger partial charge in [0.1, 0.15) is 0 Å². The highest BCUT2D eigenvalue weighted by atomic mass is 29.2. The van der Waals surface area contributed by atoms with E-state index in [1.165, 1.54) is 31.7 Å². The second-order valence-electron chi connectivity index (χ2n) is 3.83. The molecule has 1 aliphatic rings. The van der Waals surface area contributed by atoms with Crippen LogP contribution in [0.15, 0.2) is 12.7 Å². The zero-order valence-electron chi connectivity index (χ0n) is 10.3. The topological polar surface area (TPSA) is 18.5 Å². The molecule has 0 aromatic heterocycles. The van der Waals surface area contributed by atoms with Gasteiger partial charge in [0.2, 0.25) is 0 Å². The standard InChI is InChI=1S/C8H20O2Si2.C3H6/c1-2-3-4-7-10-12-8-5-6-9-11-12;1-3-2/h12H,2-8,11H2,1H3;3H,1H2,2H3. The molecule has 1 atom stereocenters. The van der Waals surface area contributed by atoms with Crippen LogP contribution in [0.25, 0.3) is 0 Å². The molecule has 0 amide bonds. The summed E-state index contributed by atoms with van der Waals surface area (Å²) in [6.07, 6.45) is 6.89. The van der Waals surface area contributed by atoms with Crippen molar-refractivity contribution in [3.63, 3.8) is 0 Å². The molecule has 1 fully saturated rings. The van der Waals surface area contributed by atoms with Crippen molar-refractivity contribution in [3.8, 4) is 0 Å². The fourth-order valence-electron chi connectivity index (χ4n) is 1.44. The van der Waals surface area contributed by atoms with Gasteiger partial charge in [-0.1, -0.05) is 25.8 Å². The van der Waals surface area contributed by atoms with Crippen LogP contribution in [-0.2, 0) is 8.85 Å². The maximum atomic E-state index is 5.86. The summed E-state index contributed by atoms with van der Waals surface area (Å²) in [7, 11) is -0.947. The van der Waals surface area contributed by atoms with E-state index in [9.17, 15) is 0 Å². The summed E-state index contributed by atoms with van der Waals surface area (Å²) < 4.78 is 11.4. The van der Waals surface area contributed by atoms with Crippen LogP contribution in [0, 0.1) is 0 Å². The van der Waals surface area contributed by atoms with Gasteiger partial charge in [-0.3, -0.25) is 0 Å².